The Morgan fingerprint density at radius 3 is 2.52 bits per heavy atom. The first-order chi connectivity index (χ1) is 10.8. The summed E-state index contributed by atoms with van der Waals surface area (Å²) in [5.74, 6) is 0.554. The third-order valence-electron chi connectivity index (χ3n) is 4.86. The maximum atomic E-state index is 12.3. The van der Waals surface area contributed by atoms with E-state index in [2.05, 4.69) is 36.5 Å². The number of carbonyl (C=O) groups excluding carboxylic acids is 1. The van der Waals surface area contributed by atoms with Crippen molar-refractivity contribution >= 4 is 6.09 Å². The Hall–Kier alpha value is -1.55. The lowest BCUT2D eigenvalue weighted by molar-refractivity contribution is 0.0174. The fourth-order valence-electron chi connectivity index (χ4n) is 3.70. The van der Waals surface area contributed by atoms with E-state index in [-0.39, 0.29) is 6.09 Å². The predicted molar refractivity (Wildman–Crippen MR) is 91.3 cm³/mol. The van der Waals surface area contributed by atoms with Gasteiger partial charge in [-0.05, 0) is 52.0 Å². The summed E-state index contributed by atoms with van der Waals surface area (Å²) in [5, 5.41) is 3.68. The van der Waals surface area contributed by atoms with Crippen LogP contribution in [0.4, 0.5) is 4.79 Å². The summed E-state index contributed by atoms with van der Waals surface area (Å²) in [4.78, 5) is 14.2. The number of hydrogen-bond acceptors (Lipinski definition) is 3. The molecule has 4 heteroatoms. The van der Waals surface area contributed by atoms with Gasteiger partial charge in [0.25, 0.3) is 0 Å². The highest BCUT2D eigenvalue weighted by Gasteiger charge is 2.47. The summed E-state index contributed by atoms with van der Waals surface area (Å²) in [6.07, 6.45) is 1.99. The second-order valence-electron chi connectivity index (χ2n) is 7.99. The van der Waals surface area contributed by atoms with E-state index in [1.807, 2.05) is 25.7 Å². The van der Waals surface area contributed by atoms with Crippen LogP contribution in [0.1, 0.15) is 44.7 Å². The first kappa shape index (κ1) is 16.3. The van der Waals surface area contributed by atoms with Crippen molar-refractivity contribution in [3.05, 3.63) is 35.4 Å². The third-order valence-corrected chi connectivity index (χ3v) is 4.86. The molecule has 1 aromatic rings. The van der Waals surface area contributed by atoms with Crippen LogP contribution in [-0.2, 0) is 11.3 Å². The second-order valence-corrected chi connectivity index (χ2v) is 7.99. The van der Waals surface area contributed by atoms with Gasteiger partial charge in [0.1, 0.15) is 5.60 Å². The zero-order chi connectivity index (χ0) is 16.6. The topological polar surface area (TPSA) is 41.6 Å². The zero-order valence-corrected chi connectivity index (χ0v) is 14.6. The first-order valence-electron chi connectivity index (χ1n) is 8.60. The van der Waals surface area contributed by atoms with Crippen molar-refractivity contribution in [2.45, 2.75) is 64.8 Å². The van der Waals surface area contributed by atoms with E-state index in [4.69, 9.17) is 4.74 Å². The fraction of sp³-hybridized carbons (Fsp3) is 0.632. The van der Waals surface area contributed by atoms with Crippen LogP contribution in [0.25, 0.3) is 0 Å². The van der Waals surface area contributed by atoms with Crippen LogP contribution < -0.4 is 5.32 Å². The van der Waals surface area contributed by atoms with E-state index in [0.29, 0.717) is 18.0 Å². The highest BCUT2D eigenvalue weighted by atomic mass is 16.6. The van der Waals surface area contributed by atoms with E-state index < -0.39 is 5.60 Å². The van der Waals surface area contributed by atoms with Gasteiger partial charge < -0.3 is 15.0 Å². The predicted octanol–water partition coefficient (Wildman–Crippen LogP) is 3.48. The maximum Gasteiger partial charge on any atom is 0.410 e. The molecule has 3 atom stereocenters. The smallest absolute Gasteiger partial charge is 0.410 e. The van der Waals surface area contributed by atoms with Crippen LogP contribution in [0.5, 0.6) is 0 Å². The van der Waals surface area contributed by atoms with Crippen LogP contribution in [0.3, 0.4) is 0 Å². The Kier molecular flexibility index (Phi) is 4.37. The molecular weight excluding hydrogens is 288 g/mol. The van der Waals surface area contributed by atoms with Gasteiger partial charge in [-0.25, -0.2) is 4.79 Å². The zero-order valence-electron chi connectivity index (χ0n) is 14.6. The average molecular weight is 316 g/mol. The molecule has 3 rings (SSSR count). The van der Waals surface area contributed by atoms with Gasteiger partial charge in [-0.2, -0.15) is 0 Å². The summed E-state index contributed by atoms with van der Waals surface area (Å²) in [5.41, 5.74) is 2.20. The van der Waals surface area contributed by atoms with Crippen molar-refractivity contribution in [2.75, 3.05) is 6.54 Å². The van der Waals surface area contributed by atoms with Gasteiger partial charge in [-0.1, -0.05) is 29.8 Å². The van der Waals surface area contributed by atoms with Crippen LogP contribution >= 0.6 is 0 Å². The molecule has 1 saturated heterocycles. The molecule has 1 aromatic carbocycles. The lowest BCUT2D eigenvalue weighted by Gasteiger charge is -2.33. The van der Waals surface area contributed by atoms with Crippen LogP contribution in [0.2, 0.25) is 0 Å². The summed E-state index contributed by atoms with van der Waals surface area (Å²) >= 11 is 0. The second kappa shape index (κ2) is 6.16. The number of piperidine rings is 1. The van der Waals surface area contributed by atoms with Crippen molar-refractivity contribution in [3.63, 3.8) is 0 Å². The SMILES string of the molecule is Cc1ccc(CN[C@@H]2CC3CC2CN3C(=O)OC(C)(C)C)cc1. The van der Waals surface area contributed by atoms with Crippen LogP contribution in [0, 0.1) is 12.8 Å². The largest absolute Gasteiger partial charge is 0.444 e. The van der Waals surface area contributed by atoms with Gasteiger partial charge in [0, 0.05) is 25.2 Å². The number of fused-ring (bicyclic) bond motifs is 2. The van der Waals surface area contributed by atoms with Crippen molar-refractivity contribution in [1.29, 1.82) is 0 Å². The van der Waals surface area contributed by atoms with Gasteiger partial charge in [-0.3, -0.25) is 0 Å². The molecule has 1 aliphatic heterocycles. The molecule has 1 amide bonds. The Morgan fingerprint density at radius 2 is 1.96 bits per heavy atom. The Morgan fingerprint density at radius 1 is 1.26 bits per heavy atom. The Labute approximate surface area is 139 Å². The Bertz CT molecular complexity index is 562. The molecule has 2 bridgehead atoms. The van der Waals surface area contributed by atoms with Crippen LogP contribution in [0.15, 0.2) is 24.3 Å². The number of rotatable bonds is 3. The number of ether oxygens (including phenoxy) is 1. The number of amides is 1. The molecule has 0 spiro atoms. The van der Waals surface area contributed by atoms with Crippen LogP contribution in [-0.4, -0.2) is 35.2 Å². The van der Waals surface area contributed by atoms with E-state index in [0.717, 1.165) is 25.9 Å². The minimum Gasteiger partial charge on any atom is -0.444 e. The summed E-state index contributed by atoms with van der Waals surface area (Å²) in [6, 6.07) is 9.53. The minimum atomic E-state index is -0.415. The highest BCUT2D eigenvalue weighted by Crippen LogP contribution is 2.38. The number of carbonyl (C=O) groups is 1. The molecule has 2 unspecified atom stereocenters. The van der Waals surface area contributed by atoms with Gasteiger partial charge in [0.05, 0.1) is 0 Å². The molecule has 4 nitrogen and oxygen atoms in total. The van der Waals surface area contributed by atoms with E-state index in [1.165, 1.54) is 11.1 Å². The monoisotopic (exact) mass is 316 g/mol. The molecule has 1 heterocycles. The summed E-state index contributed by atoms with van der Waals surface area (Å²) in [6.45, 7) is 9.60. The van der Waals surface area contributed by atoms with Gasteiger partial charge in [-0.15, -0.1) is 0 Å². The number of nitrogens with one attached hydrogen (secondary N) is 1. The quantitative estimate of drug-likeness (QED) is 0.928. The Balaban J connectivity index is 1.50. The molecule has 126 valence electrons. The normalized spacial score (nSPS) is 26.6. The molecule has 1 N–H and O–H groups in total. The van der Waals surface area contributed by atoms with Gasteiger partial charge >= 0.3 is 6.09 Å². The molecule has 0 aromatic heterocycles. The fourth-order valence-corrected chi connectivity index (χ4v) is 3.70. The molecule has 1 saturated carbocycles. The standard InChI is InChI=1S/C19H28N2O2/c1-13-5-7-14(8-6-13)11-20-17-10-16-9-15(17)12-21(16)18(22)23-19(2,3)4/h5-8,15-17,20H,9-12H2,1-4H3/t15?,16?,17-/m1/s1. The average Bonchev–Trinajstić information content (AvgIpc) is 3.04. The van der Waals surface area contributed by atoms with Crippen molar-refractivity contribution in [1.82, 2.24) is 10.2 Å². The van der Waals surface area contributed by atoms with Crippen molar-refractivity contribution in [3.8, 4) is 0 Å². The van der Waals surface area contributed by atoms with E-state index in [1.54, 1.807) is 0 Å². The number of nitrogens with zero attached hydrogens (tertiary/aromatic N) is 1. The molecule has 0 radical (unpaired) electrons. The molecular formula is C19H28N2O2. The lowest BCUT2D eigenvalue weighted by atomic mass is 10.0. The minimum absolute atomic E-state index is 0.151. The van der Waals surface area contributed by atoms with Gasteiger partial charge in [0.15, 0.2) is 0 Å². The number of aryl methyl sites for hydroxylation is 1. The van der Waals surface area contributed by atoms with Gasteiger partial charge in [0.2, 0.25) is 0 Å². The summed E-state index contributed by atoms with van der Waals surface area (Å²) in [7, 11) is 0. The molecule has 23 heavy (non-hydrogen) atoms. The highest BCUT2D eigenvalue weighted by molar-refractivity contribution is 5.69. The molecule has 2 aliphatic rings. The lowest BCUT2D eigenvalue weighted by Crippen LogP contribution is -2.47. The van der Waals surface area contributed by atoms with E-state index >= 15 is 0 Å². The third kappa shape index (κ3) is 3.86. The number of benzene rings is 1. The summed E-state index contributed by atoms with van der Waals surface area (Å²) < 4.78 is 5.52. The molecule has 1 aliphatic carbocycles. The maximum absolute atomic E-state index is 12.3. The number of hydrogen-bond donors (Lipinski definition) is 1. The van der Waals surface area contributed by atoms with Crippen molar-refractivity contribution in [2.24, 2.45) is 5.92 Å². The first-order valence-corrected chi connectivity index (χ1v) is 8.60. The van der Waals surface area contributed by atoms with E-state index in [9.17, 15) is 4.79 Å². The molecule has 2 fully saturated rings. The van der Waals surface area contributed by atoms with Crippen molar-refractivity contribution < 1.29 is 9.53 Å². The number of likely N-dealkylation sites (tertiary alicyclic amines) is 1.